The molecule has 8 heteroatoms. The van der Waals surface area contributed by atoms with Gasteiger partial charge in [0, 0.05) is 6.20 Å². The second kappa shape index (κ2) is 12.5. The van der Waals surface area contributed by atoms with Gasteiger partial charge in [0.1, 0.15) is 12.6 Å². The Bertz CT molecular complexity index is 716. The lowest BCUT2D eigenvalue weighted by Crippen LogP contribution is -2.46. The highest BCUT2D eigenvalue weighted by molar-refractivity contribution is 6.04. The van der Waals surface area contributed by atoms with Crippen molar-refractivity contribution in [1.82, 2.24) is 20.8 Å². The molecule has 146 valence electrons. The minimum atomic E-state index is -0.690. The third-order valence-electron chi connectivity index (χ3n) is 4.06. The second-order valence-electron chi connectivity index (χ2n) is 6.25. The number of hydrogen-bond acceptors (Lipinski definition) is 5. The zero-order chi connectivity index (χ0) is 20.0. The molecule has 1 aromatic carbocycles. The molecule has 0 spiro atoms. The number of aromatic nitrogens is 1. The Hall–Kier alpha value is -2.87. The molecule has 2 amide bonds. The zero-order valence-corrected chi connectivity index (χ0v) is 15.8. The highest BCUT2D eigenvalue weighted by Crippen LogP contribution is 2.05. The first-order valence-electron chi connectivity index (χ1n) is 9.27. The number of rotatable bonds is 11. The monoisotopic (exact) mass is 380 g/mol. The number of benzene rings is 1. The summed E-state index contributed by atoms with van der Waals surface area (Å²) in [7, 11) is 5.27. The molecule has 28 heavy (non-hydrogen) atoms. The summed E-state index contributed by atoms with van der Waals surface area (Å²) < 4.78 is 5.22. The van der Waals surface area contributed by atoms with E-state index in [1.54, 1.807) is 6.20 Å². The molecule has 0 aliphatic heterocycles. The molecule has 2 aromatic rings. The number of carbonyl (C=O) groups excluding carboxylic acids is 2. The summed E-state index contributed by atoms with van der Waals surface area (Å²) in [6, 6.07) is 14.2. The van der Waals surface area contributed by atoms with Crippen molar-refractivity contribution in [2.24, 2.45) is 0 Å². The minimum Gasteiger partial charge on any atom is -0.445 e. The van der Waals surface area contributed by atoms with Gasteiger partial charge >= 0.3 is 6.09 Å². The molecule has 1 heterocycles. The van der Waals surface area contributed by atoms with Crippen molar-refractivity contribution in [2.75, 3.05) is 6.54 Å². The Morgan fingerprint density at radius 2 is 1.86 bits per heavy atom. The van der Waals surface area contributed by atoms with Gasteiger partial charge in [0.05, 0.1) is 12.2 Å². The molecule has 0 bridgehead atoms. The Morgan fingerprint density at radius 1 is 1.07 bits per heavy atom. The molecule has 0 saturated heterocycles. The van der Waals surface area contributed by atoms with E-state index in [0.717, 1.165) is 24.1 Å². The van der Waals surface area contributed by atoms with Crippen LogP contribution < -0.4 is 15.9 Å². The first-order chi connectivity index (χ1) is 13.7. The molecule has 0 saturated carbocycles. The number of hydrogen-bond donors (Lipinski definition) is 3. The summed E-state index contributed by atoms with van der Waals surface area (Å²) in [5.41, 5.74) is 1.62. The van der Waals surface area contributed by atoms with Crippen molar-refractivity contribution < 1.29 is 14.3 Å². The van der Waals surface area contributed by atoms with Crippen LogP contribution in [0.4, 0.5) is 4.79 Å². The number of pyridine rings is 1. The average Bonchev–Trinajstić information content (AvgIpc) is 2.74. The molecule has 2 rings (SSSR count). The van der Waals surface area contributed by atoms with Crippen molar-refractivity contribution in [3.05, 3.63) is 66.0 Å². The number of unbranched alkanes of at least 4 members (excludes halogenated alkanes) is 1. The van der Waals surface area contributed by atoms with Gasteiger partial charge in [-0.15, -0.1) is 0 Å². The van der Waals surface area contributed by atoms with Crippen molar-refractivity contribution in [3.63, 3.8) is 0 Å². The quantitative estimate of drug-likeness (QED) is 0.409. The molecule has 1 aromatic heterocycles. The molecule has 1 atom stereocenters. The number of carbonyl (C=O) groups is 2. The van der Waals surface area contributed by atoms with E-state index in [9.17, 15) is 9.59 Å². The number of alkyl carbamates (subject to hydrolysis) is 1. The summed E-state index contributed by atoms with van der Waals surface area (Å²) in [5, 5.41) is 8.04. The molecule has 0 aliphatic carbocycles. The normalized spacial score (nSPS) is 11.4. The maximum Gasteiger partial charge on any atom is 0.408 e. The van der Waals surface area contributed by atoms with Crippen LogP contribution in [0.5, 0.6) is 0 Å². The summed E-state index contributed by atoms with van der Waals surface area (Å²) in [4.78, 5) is 28.8. The molecule has 7 nitrogen and oxygen atoms in total. The first-order valence-corrected chi connectivity index (χ1v) is 9.27. The molecule has 0 fully saturated rings. The highest BCUT2D eigenvalue weighted by Gasteiger charge is 2.21. The summed E-state index contributed by atoms with van der Waals surface area (Å²) in [6.45, 7) is 1.08. The maximum absolute atomic E-state index is 12.5. The topological polar surface area (TPSA) is 92.4 Å². The van der Waals surface area contributed by atoms with Crippen LogP contribution in [0.3, 0.4) is 0 Å². The van der Waals surface area contributed by atoms with Crippen LogP contribution in [-0.2, 0) is 22.7 Å². The zero-order valence-electron chi connectivity index (χ0n) is 15.8. The smallest absolute Gasteiger partial charge is 0.408 e. The number of ether oxygens (including phenoxy) is 1. The fraction of sp³-hybridized carbons (Fsp3) is 0.350. The van der Waals surface area contributed by atoms with Gasteiger partial charge in [-0.25, -0.2) is 4.79 Å². The van der Waals surface area contributed by atoms with Crippen LogP contribution in [-0.4, -0.2) is 37.6 Å². The Morgan fingerprint density at radius 3 is 2.57 bits per heavy atom. The van der Waals surface area contributed by atoms with Crippen LogP contribution >= 0.6 is 0 Å². The average molecular weight is 380 g/mol. The van der Waals surface area contributed by atoms with Crippen molar-refractivity contribution in [2.45, 2.75) is 38.5 Å². The molecular weight excluding hydrogens is 355 g/mol. The molecule has 3 N–H and O–H groups in total. The largest absolute Gasteiger partial charge is 0.445 e. The predicted molar refractivity (Wildman–Crippen MR) is 107 cm³/mol. The fourth-order valence-corrected chi connectivity index (χ4v) is 2.55. The highest BCUT2D eigenvalue weighted by atomic mass is 16.5. The minimum absolute atomic E-state index is 0.145. The van der Waals surface area contributed by atoms with Gasteiger partial charge in [0.15, 0.2) is 7.98 Å². The van der Waals surface area contributed by atoms with Gasteiger partial charge in [-0.1, -0.05) is 36.4 Å². The van der Waals surface area contributed by atoms with Crippen LogP contribution in [0.2, 0.25) is 0 Å². The van der Waals surface area contributed by atoms with E-state index in [2.05, 4.69) is 20.8 Å². The van der Waals surface area contributed by atoms with Crippen LogP contribution in [0, 0.1) is 0 Å². The van der Waals surface area contributed by atoms with E-state index in [4.69, 9.17) is 12.7 Å². The van der Waals surface area contributed by atoms with E-state index in [0.29, 0.717) is 19.5 Å². The fourth-order valence-electron chi connectivity index (χ4n) is 2.55. The Labute approximate surface area is 166 Å². The van der Waals surface area contributed by atoms with E-state index in [-0.39, 0.29) is 12.5 Å². The SMILES string of the molecule is [B]NCCCC[C@H](NC(=O)OCc1ccccc1)C(=O)NCc1ccccn1. The number of amides is 2. The van der Waals surface area contributed by atoms with Gasteiger partial charge in [-0.05, 0) is 43.5 Å². The summed E-state index contributed by atoms with van der Waals surface area (Å²) >= 11 is 0. The molecule has 2 radical (unpaired) electrons. The van der Waals surface area contributed by atoms with E-state index >= 15 is 0 Å². The van der Waals surface area contributed by atoms with E-state index < -0.39 is 12.1 Å². The van der Waals surface area contributed by atoms with Crippen molar-refractivity contribution >= 4 is 20.0 Å². The van der Waals surface area contributed by atoms with Crippen LogP contribution in [0.1, 0.15) is 30.5 Å². The standard InChI is InChI=1S/C20H25BN4O3/c21-24-13-7-5-11-18(19(26)23-14-17-10-4-6-12-22-17)25-20(27)28-15-16-8-2-1-3-9-16/h1-4,6,8-10,12,18,24H,5,7,11,13-15H2,(H,23,26)(H,25,27)/t18-/m0/s1. The Balaban J connectivity index is 1.85. The lowest BCUT2D eigenvalue weighted by atomic mass is 10.1. The molecular formula is C20H25BN4O3. The van der Waals surface area contributed by atoms with Gasteiger partial charge in [0.2, 0.25) is 5.91 Å². The van der Waals surface area contributed by atoms with E-state index in [1.165, 1.54) is 0 Å². The summed E-state index contributed by atoms with van der Waals surface area (Å²) in [6.07, 6.45) is 3.04. The number of nitrogens with one attached hydrogen (secondary N) is 3. The van der Waals surface area contributed by atoms with Crippen molar-refractivity contribution in [1.29, 1.82) is 0 Å². The third-order valence-corrected chi connectivity index (χ3v) is 4.06. The lowest BCUT2D eigenvalue weighted by molar-refractivity contribution is -0.123. The van der Waals surface area contributed by atoms with Gasteiger partial charge < -0.3 is 20.6 Å². The maximum atomic E-state index is 12.5. The lowest BCUT2D eigenvalue weighted by Gasteiger charge is -2.18. The second-order valence-corrected chi connectivity index (χ2v) is 6.25. The van der Waals surface area contributed by atoms with E-state index in [1.807, 2.05) is 48.5 Å². The van der Waals surface area contributed by atoms with Crippen molar-refractivity contribution in [3.8, 4) is 0 Å². The molecule has 0 unspecified atom stereocenters. The Kier molecular flexibility index (Phi) is 9.58. The number of nitrogens with zero attached hydrogens (tertiary/aromatic N) is 1. The third kappa shape index (κ3) is 8.22. The van der Waals surface area contributed by atoms with Gasteiger partial charge in [-0.3, -0.25) is 9.78 Å². The first kappa shape index (κ1) is 21.4. The summed E-state index contributed by atoms with van der Waals surface area (Å²) in [5.74, 6) is -0.275. The van der Waals surface area contributed by atoms with Crippen LogP contribution in [0.15, 0.2) is 54.7 Å². The van der Waals surface area contributed by atoms with Gasteiger partial charge in [0.25, 0.3) is 0 Å². The van der Waals surface area contributed by atoms with Gasteiger partial charge in [-0.2, -0.15) is 0 Å². The van der Waals surface area contributed by atoms with Crippen LogP contribution in [0.25, 0.3) is 0 Å². The predicted octanol–water partition coefficient (Wildman–Crippen LogP) is 1.84. The molecule has 0 aliphatic rings.